The summed E-state index contributed by atoms with van der Waals surface area (Å²) in [6.45, 7) is 3.33. The highest BCUT2D eigenvalue weighted by atomic mass is 32.1. The fourth-order valence-corrected chi connectivity index (χ4v) is 2.85. The second-order valence-corrected chi connectivity index (χ2v) is 5.83. The van der Waals surface area contributed by atoms with Gasteiger partial charge in [0.05, 0.1) is 12.3 Å². The van der Waals surface area contributed by atoms with E-state index < -0.39 is 24.3 Å². The minimum absolute atomic E-state index is 0.152. The molecule has 0 fully saturated rings. The summed E-state index contributed by atoms with van der Waals surface area (Å²) in [5.74, 6) is -0.538. The van der Waals surface area contributed by atoms with Crippen LogP contribution in [0.3, 0.4) is 0 Å². The van der Waals surface area contributed by atoms with Crippen LogP contribution in [0.5, 0.6) is 0 Å². The summed E-state index contributed by atoms with van der Waals surface area (Å²) in [6, 6.07) is 0. The van der Waals surface area contributed by atoms with Gasteiger partial charge in [-0.05, 0) is 20.3 Å². The zero-order valence-corrected chi connectivity index (χ0v) is 13.8. The Morgan fingerprint density at radius 2 is 2.12 bits per heavy atom. The Balaban J connectivity index is 2.18. The van der Waals surface area contributed by atoms with Crippen molar-refractivity contribution in [1.82, 2.24) is 19.3 Å². The summed E-state index contributed by atoms with van der Waals surface area (Å²) in [5.41, 5.74) is -0.202. The van der Waals surface area contributed by atoms with Gasteiger partial charge in [0.2, 0.25) is 0 Å². The topological polar surface area (TPSA) is 79.0 Å². The highest BCUT2D eigenvalue weighted by Crippen LogP contribution is 2.22. The number of hydrogen-bond acceptors (Lipinski definition) is 6. The Labute approximate surface area is 138 Å². The molecule has 0 saturated heterocycles. The van der Waals surface area contributed by atoms with E-state index in [1.165, 1.54) is 6.33 Å². The number of nitrogens with zero attached hydrogens (tertiary/aromatic N) is 4. The second-order valence-electron chi connectivity index (χ2n) is 4.86. The van der Waals surface area contributed by atoms with E-state index in [9.17, 15) is 22.8 Å². The van der Waals surface area contributed by atoms with E-state index in [2.05, 4.69) is 10.1 Å². The van der Waals surface area contributed by atoms with E-state index in [4.69, 9.17) is 4.74 Å². The maximum atomic E-state index is 12.2. The number of aryl methyl sites for hydroxylation is 2. The van der Waals surface area contributed by atoms with Crippen LogP contribution in [0.2, 0.25) is 0 Å². The van der Waals surface area contributed by atoms with Crippen LogP contribution in [0.25, 0.3) is 5.13 Å². The minimum Gasteiger partial charge on any atom is -0.462 e. The number of ether oxygens (including phenoxy) is 1. The maximum Gasteiger partial charge on any atom is 0.389 e. The Morgan fingerprint density at radius 3 is 2.75 bits per heavy atom. The summed E-state index contributed by atoms with van der Waals surface area (Å²) in [4.78, 5) is 28.3. The zero-order chi connectivity index (χ0) is 17.9. The number of halogens is 3. The molecule has 0 aliphatic rings. The first-order valence-electron chi connectivity index (χ1n) is 7.09. The van der Waals surface area contributed by atoms with Crippen molar-refractivity contribution in [1.29, 1.82) is 0 Å². The van der Waals surface area contributed by atoms with Gasteiger partial charge in [0.25, 0.3) is 0 Å². The molecule has 0 atom stereocenters. The summed E-state index contributed by atoms with van der Waals surface area (Å²) in [7, 11) is 0. The number of rotatable bonds is 6. The molecular weight excluding hydrogens is 349 g/mol. The average molecular weight is 364 g/mol. The maximum absolute atomic E-state index is 12.2. The van der Waals surface area contributed by atoms with Crippen LogP contribution < -0.4 is 5.69 Å². The van der Waals surface area contributed by atoms with Crippen molar-refractivity contribution in [2.45, 2.75) is 39.4 Å². The normalized spacial score (nSPS) is 11.7. The first kappa shape index (κ1) is 18.2. The molecule has 0 radical (unpaired) electrons. The quantitative estimate of drug-likeness (QED) is 0.735. The fourth-order valence-electron chi connectivity index (χ4n) is 1.92. The van der Waals surface area contributed by atoms with Gasteiger partial charge < -0.3 is 4.74 Å². The molecule has 2 aromatic heterocycles. The lowest BCUT2D eigenvalue weighted by molar-refractivity contribution is -0.136. The number of carbonyl (C=O) groups excluding carboxylic acids is 1. The van der Waals surface area contributed by atoms with Crippen LogP contribution in [0, 0.1) is 6.92 Å². The molecule has 0 saturated carbocycles. The molecule has 2 heterocycles. The third kappa shape index (κ3) is 4.22. The first-order chi connectivity index (χ1) is 11.2. The molecule has 24 heavy (non-hydrogen) atoms. The van der Waals surface area contributed by atoms with E-state index in [-0.39, 0.29) is 29.6 Å². The lowest BCUT2D eigenvalue weighted by Crippen LogP contribution is -2.24. The molecule has 0 amide bonds. The van der Waals surface area contributed by atoms with Crippen LogP contribution >= 0.6 is 11.3 Å². The lowest BCUT2D eigenvalue weighted by Gasteiger charge is -2.04. The lowest BCUT2D eigenvalue weighted by atomic mass is 10.3. The molecule has 2 aromatic rings. The highest BCUT2D eigenvalue weighted by Gasteiger charge is 2.26. The number of alkyl halides is 3. The van der Waals surface area contributed by atoms with Crippen LogP contribution in [0.1, 0.15) is 35.1 Å². The predicted octanol–water partition coefficient (Wildman–Crippen LogP) is 2.32. The molecule has 0 aliphatic heterocycles. The van der Waals surface area contributed by atoms with Crippen LogP contribution in [-0.4, -0.2) is 38.1 Å². The molecule has 132 valence electrons. The molecule has 0 aromatic carbocycles. The molecule has 2 rings (SSSR count). The van der Waals surface area contributed by atoms with Gasteiger partial charge in [-0.1, -0.05) is 11.3 Å². The average Bonchev–Trinajstić information content (AvgIpc) is 3.02. The Hall–Kier alpha value is -2.17. The minimum atomic E-state index is -4.27. The van der Waals surface area contributed by atoms with Gasteiger partial charge in [0.1, 0.15) is 11.2 Å². The second kappa shape index (κ2) is 7.16. The predicted molar refractivity (Wildman–Crippen MR) is 79.5 cm³/mol. The Kier molecular flexibility index (Phi) is 5.42. The van der Waals surface area contributed by atoms with E-state index in [0.717, 1.165) is 20.6 Å². The molecule has 0 bridgehead atoms. The van der Waals surface area contributed by atoms with Gasteiger partial charge in [-0.3, -0.25) is 0 Å². The molecule has 7 nitrogen and oxygen atoms in total. The van der Waals surface area contributed by atoms with Crippen LogP contribution in [0.15, 0.2) is 11.1 Å². The van der Waals surface area contributed by atoms with E-state index in [1.54, 1.807) is 13.8 Å². The Morgan fingerprint density at radius 1 is 1.42 bits per heavy atom. The molecule has 11 heteroatoms. The van der Waals surface area contributed by atoms with Gasteiger partial charge in [0, 0.05) is 13.0 Å². The monoisotopic (exact) mass is 364 g/mol. The highest BCUT2D eigenvalue weighted by molar-refractivity contribution is 7.16. The SMILES string of the molecule is CCOC(=O)c1sc(-n2cnn(CCCC(F)(F)F)c2=O)nc1C. The summed E-state index contributed by atoms with van der Waals surface area (Å²) in [5, 5.41) is 3.99. The molecule has 0 spiro atoms. The van der Waals surface area contributed by atoms with Crippen molar-refractivity contribution in [2.75, 3.05) is 6.61 Å². The van der Waals surface area contributed by atoms with E-state index in [1.807, 2.05) is 0 Å². The summed E-state index contributed by atoms with van der Waals surface area (Å²) in [6.07, 6.45) is -4.34. The van der Waals surface area contributed by atoms with Crippen LogP contribution in [0.4, 0.5) is 13.2 Å². The third-order valence-electron chi connectivity index (χ3n) is 3.02. The first-order valence-corrected chi connectivity index (χ1v) is 7.90. The van der Waals surface area contributed by atoms with Crippen molar-refractivity contribution in [2.24, 2.45) is 0 Å². The van der Waals surface area contributed by atoms with Gasteiger partial charge in [-0.25, -0.2) is 23.8 Å². The van der Waals surface area contributed by atoms with Crippen LogP contribution in [-0.2, 0) is 11.3 Å². The number of esters is 1. The van der Waals surface area contributed by atoms with Crippen molar-refractivity contribution in [3.63, 3.8) is 0 Å². The van der Waals surface area contributed by atoms with Gasteiger partial charge in [-0.15, -0.1) is 0 Å². The fraction of sp³-hybridized carbons (Fsp3) is 0.538. The summed E-state index contributed by atoms with van der Waals surface area (Å²) < 4.78 is 43.4. The largest absolute Gasteiger partial charge is 0.462 e. The molecular formula is C13H15F3N4O3S. The van der Waals surface area contributed by atoms with E-state index >= 15 is 0 Å². The zero-order valence-electron chi connectivity index (χ0n) is 13.0. The van der Waals surface area contributed by atoms with Gasteiger partial charge in [-0.2, -0.15) is 18.3 Å². The van der Waals surface area contributed by atoms with Gasteiger partial charge in [0.15, 0.2) is 5.13 Å². The number of carbonyl (C=O) groups is 1. The molecule has 0 aliphatic carbocycles. The third-order valence-corrected chi connectivity index (χ3v) is 4.15. The molecule has 0 unspecified atom stereocenters. The standard InChI is InChI=1S/C13H15F3N4O3S/c1-3-23-10(21)9-8(2)18-11(24-9)19-7-17-20(12(19)22)6-4-5-13(14,15)16/h7H,3-6H2,1-2H3. The smallest absolute Gasteiger partial charge is 0.389 e. The van der Waals surface area contributed by atoms with Crippen molar-refractivity contribution in [3.05, 3.63) is 27.4 Å². The number of thiazole rings is 1. The van der Waals surface area contributed by atoms with Crippen molar-refractivity contribution in [3.8, 4) is 5.13 Å². The summed E-state index contributed by atoms with van der Waals surface area (Å²) >= 11 is 0.960. The Bertz CT molecular complexity index is 778. The number of aromatic nitrogens is 4. The number of hydrogen-bond donors (Lipinski definition) is 0. The van der Waals surface area contributed by atoms with Crippen molar-refractivity contribution < 1.29 is 22.7 Å². The van der Waals surface area contributed by atoms with Gasteiger partial charge >= 0.3 is 17.8 Å². The molecule has 0 N–H and O–H groups in total. The van der Waals surface area contributed by atoms with E-state index in [0.29, 0.717) is 5.69 Å². The van der Waals surface area contributed by atoms with Crippen molar-refractivity contribution >= 4 is 17.3 Å².